The molecule has 5 rings (SSSR count). The van der Waals surface area contributed by atoms with Crippen LogP contribution in [0, 0.1) is 0 Å². The van der Waals surface area contributed by atoms with Crippen LogP contribution in [0.15, 0.2) is 36.5 Å². The van der Waals surface area contributed by atoms with Crippen LogP contribution in [-0.4, -0.2) is 26.3 Å². The number of hydrogen-bond acceptors (Lipinski definition) is 3. The summed E-state index contributed by atoms with van der Waals surface area (Å²) in [5.41, 5.74) is 1.28. The topological polar surface area (TPSA) is 51.9 Å². The van der Waals surface area contributed by atoms with Gasteiger partial charge in [0.15, 0.2) is 5.65 Å². The van der Waals surface area contributed by atoms with E-state index < -0.39 is 11.7 Å². The molecule has 0 aliphatic heterocycles. The minimum Gasteiger partial charge on any atom is -0.349 e. The maximum Gasteiger partial charge on any atom is 0.416 e. The van der Waals surface area contributed by atoms with Gasteiger partial charge in [-0.1, -0.05) is 0 Å². The molecule has 1 aliphatic carbocycles. The Morgan fingerprint density at radius 3 is 2.61 bits per heavy atom. The number of alkyl halides is 3. The third-order valence-corrected chi connectivity index (χ3v) is 5.96. The van der Waals surface area contributed by atoms with Crippen molar-refractivity contribution in [2.24, 2.45) is 7.05 Å². The van der Waals surface area contributed by atoms with Gasteiger partial charge in [-0.05, 0) is 43.2 Å². The molecule has 3 aromatic heterocycles. The monoisotopic (exact) mass is 404 g/mol. The molecule has 28 heavy (non-hydrogen) atoms. The van der Waals surface area contributed by atoms with Gasteiger partial charge in [-0.3, -0.25) is 14.0 Å². The Morgan fingerprint density at radius 2 is 1.96 bits per heavy atom. The summed E-state index contributed by atoms with van der Waals surface area (Å²) in [5.74, 6) is -0.111. The van der Waals surface area contributed by atoms with Crippen LogP contribution >= 0.6 is 11.3 Å². The summed E-state index contributed by atoms with van der Waals surface area (Å²) in [6, 6.07) is 7.02. The fraction of sp³-hybridized carbons (Fsp3) is 0.263. The van der Waals surface area contributed by atoms with Gasteiger partial charge < -0.3 is 5.32 Å². The lowest BCUT2D eigenvalue weighted by molar-refractivity contribution is -0.137. The molecule has 1 saturated carbocycles. The summed E-state index contributed by atoms with van der Waals surface area (Å²) >= 11 is 1.37. The van der Waals surface area contributed by atoms with E-state index in [-0.39, 0.29) is 11.9 Å². The Labute approximate surface area is 161 Å². The van der Waals surface area contributed by atoms with Crippen molar-refractivity contribution in [3.63, 3.8) is 0 Å². The number of carbonyl (C=O) groups is 1. The number of halogens is 3. The van der Waals surface area contributed by atoms with E-state index in [0.717, 1.165) is 40.6 Å². The number of nitrogens with one attached hydrogen (secondary N) is 1. The molecule has 1 N–H and O–H groups in total. The normalized spacial score (nSPS) is 14.9. The highest BCUT2D eigenvalue weighted by Gasteiger charge is 2.30. The van der Waals surface area contributed by atoms with Crippen LogP contribution in [0.1, 0.15) is 28.1 Å². The molecule has 1 aromatic carbocycles. The Hall–Kier alpha value is -2.81. The number of thiophene rings is 1. The van der Waals surface area contributed by atoms with Crippen molar-refractivity contribution in [1.29, 1.82) is 0 Å². The standard InChI is InChI=1S/C19H15F3N4OS/c1-25-9-13-16-14(8-15(28-16)18(27)23-11-4-5-11)26(17(13)24-25)12-6-2-10(3-7-12)19(20,21)22/h2-3,6-9,11H,4-5H2,1H3,(H,23,27). The molecule has 1 aliphatic rings. The van der Waals surface area contributed by atoms with Crippen LogP contribution in [0.3, 0.4) is 0 Å². The van der Waals surface area contributed by atoms with Crippen LogP contribution in [-0.2, 0) is 13.2 Å². The number of rotatable bonds is 3. The second-order valence-corrected chi connectivity index (χ2v) is 8.05. The molecule has 1 fully saturated rings. The molecule has 0 bridgehead atoms. The maximum absolute atomic E-state index is 12.9. The van der Waals surface area contributed by atoms with Crippen molar-refractivity contribution in [2.45, 2.75) is 25.1 Å². The van der Waals surface area contributed by atoms with E-state index in [1.54, 1.807) is 22.4 Å². The third-order valence-electron chi connectivity index (χ3n) is 4.81. The molecule has 1 amide bonds. The number of nitrogens with zero attached hydrogens (tertiary/aromatic N) is 3. The minimum atomic E-state index is -4.39. The number of fused-ring (bicyclic) bond motifs is 3. The van der Waals surface area contributed by atoms with Crippen molar-refractivity contribution < 1.29 is 18.0 Å². The number of hydrogen-bond donors (Lipinski definition) is 1. The Bertz CT molecular complexity index is 1210. The van der Waals surface area contributed by atoms with Crippen molar-refractivity contribution in [3.8, 4) is 5.69 Å². The molecule has 0 atom stereocenters. The van der Waals surface area contributed by atoms with E-state index in [4.69, 9.17) is 0 Å². The molecule has 0 unspecified atom stereocenters. The Morgan fingerprint density at radius 1 is 1.25 bits per heavy atom. The van der Waals surface area contributed by atoms with Gasteiger partial charge in [0.05, 0.1) is 26.0 Å². The second-order valence-electron chi connectivity index (χ2n) is 6.99. The van der Waals surface area contributed by atoms with Gasteiger partial charge in [-0.2, -0.15) is 18.3 Å². The number of amides is 1. The zero-order valence-corrected chi connectivity index (χ0v) is 15.6. The van der Waals surface area contributed by atoms with Crippen LogP contribution in [0.25, 0.3) is 26.9 Å². The SMILES string of the molecule is Cn1cc2c3sc(C(=O)NC4CC4)cc3n(-c3ccc(C(F)(F)F)cc3)c2n1. The predicted octanol–water partition coefficient (Wildman–Crippen LogP) is 4.49. The highest BCUT2D eigenvalue weighted by molar-refractivity contribution is 7.21. The van der Waals surface area contributed by atoms with Gasteiger partial charge >= 0.3 is 6.18 Å². The first-order chi connectivity index (χ1) is 13.3. The van der Waals surface area contributed by atoms with Gasteiger partial charge in [-0.15, -0.1) is 11.3 Å². The van der Waals surface area contributed by atoms with Crippen molar-refractivity contribution in [1.82, 2.24) is 19.7 Å². The number of carbonyl (C=O) groups excluding carboxylic acids is 1. The lowest BCUT2D eigenvalue weighted by Gasteiger charge is -2.09. The first-order valence-corrected chi connectivity index (χ1v) is 9.59. The van der Waals surface area contributed by atoms with E-state index in [1.165, 1.54) is 23.5 Å². The third kappa shape index (κ3) is 2.77. The fourth-order valence-corrected chi connectivity index (χ4v) is 4.36. The van der Waals surface area contributed by atoms with Crippen molar-refractivity contribution >= 4 is 38.5 Å². The Balaban J connectivity index is 1.66. The smallest absolute Gasteiger partial charge is 0.349 e. The first-order valence-electron chi connectivity index (χ1n) is 8.77. The molecular weight excluding hydrogens is 389 g/mol. The summed E-state index contributed by atoms with van der Waals surface area (Å²) in [7, 11) is 1.79. The fourth-order valence-electron chi connectivity index (χ4n) is 3.31. The number of benzene rings is 1. The molecule has 4 aromatic rings. The summed E-state index contributed by atoms with van der Waals surface area (Å²) in [6.45, 7) is 0. The zero-order chi connectivity index (χ0) is 19.6. The molecule has 0 spiro atoms. The van der Waals surface area contributed by atoms with Crippen LogP contribution < -0.4 is 5.32 Å². The maximum atomic E-state index is 12.9. The summed E-state index contributed by atoms with van der Waals surface area (Å²) in [6.07, 6.45) is -0.527. The van der Waals surface area contributed by atoms with E-state index in [0.29, 0.717) is 16.2 Å². The molecule has 144 valence electrons. The van der Waals surface area contributed by atoms with Crippen LogP contribution in [0.2, 0.25) is 0 Å². The predicted molar refractivity (Wildman–Crippen MR) is 101 cm³/mol. The summed E-state index contributed by atoms with van der Waals surface area (Å²) < 4.78 is 43.1. The van der Waals surface area contributed by atoms with Crippen LogP contribution in [0.5, 0.6) is 0 Å². The number of aryl methyl sites for hydroxylation is 1. The zero-order valence-electron chi connectivity index (χ0n) is 14.7. The minimum absolute atomic E-state index is 0.111. The molecular formula is C19H15F3N4OS. The average molecular weight is 404 g/mol. The highest BCUT2D eigenvalue weighted by atomic mass is 32.1. The van der Waals surface area contributed by atoms with E-state index in [2.05, 4.69) is 10.4 Å². The lowest BCUT2D eigenvalue weighted by atomic mass is 10.2. The highest BCUT2D eigenvalue weighted by Crippen LogP contribution is 2.38. The van der Waals surface area contributed by atoms with Crippen molar-refractivity contribution in [3.05, 3.63) is 47.0 Å². The summed E-state index contributed by atoms with van der Waals surface area (Å²) in [5, 5.41) is 8.31. The van der Waals surface area contributed by atoms with Gasteiger partial charge in [0.1, 0.15) is 0 Å². The number of aromatic nitrogens is 3. The van der Waals surface area contributed by atoms with Gasteiger partial charge in [-0.25, -0.2) is 0 Å². The van der Waals surface area contributed by atoms with E-state index in [9.17, 15) is 18.0 Å². The molecule has 0 saturated heterocycles. The molecule has 0 radical (unpaired) electrons. The summed E-state index contributed by atoms with van der Waals surface area (Å²) in [4.78, 5) is 13.0. The first kappa shape index (κ1) is 17.3. The quantitative estimate of drug-likeness (QED) is 0.547. The molecule has 9 heteroatoms. The van der Waals surface area contributed by atoms with Crippen LogP contribution in [0.4, 0.5) is 13.2 Å². The van der Waals surface area contributed by atoms with Crippen molar-refractivity contribution in [2.75, 3.05) is 0 Å². The molecule has 3 heterocycles. The van der Waals surface area contributed by atoms with E-state index >= 15 is 0 Å². The van der Waals surface area contributed by atoms with E-state index in [1.807, 2.05) is 6.20 Å². The largest absolute Gasteiger partial charge is 0.416 e. The van der Waals surface area contributed by atoms with Gasteiger partial charge in [0.2, 0.25) is 0 Å². The molecule has 5 nitrogen and oxygen atoms in total. The second kappa shape index (κ2) is 5.84. The van der Waals surface area contributed by atoms with Gasteiger partial charge in [0, 0.05) is 25.0 Å². The lowest BCUT2D eigenvalue weighted by Crippen LogP contribution is -2.24. The van der Waals surface area contributed by atoms with Gasteiger partial charge in [0.25, 0.3) is 5.91 Å². The average Bonchev–Trinajstić information content (AvgIpc) is 3.10. The Kier molecular flexibility index (Phi) is 3.61.